The molecule has 1 nitrogen and oxygen atoms in total. The second-order valence-electron chi connectivity index (χ2n) is 2.32. The molecule has 0 saturated carbocycles. The molecule has 0 saturated heterocycles. The molecule has 0 aliphatic rings. The van der Waals surface area contributed by atoms with E-state index in [1.165, 1.54) is 11.3 Å². The van der Waals surface area contributed by atoms with Gasteiger partial charge in [0.05, 0.1) is 5.69 Å². The van der Waals surface area contributed by atoms with Gasteiger partial charge in [0.25, 0.3) is 0 Å². The highest BCUT2D eigenvalue weighted by Crippen LogP contribution is 2.30. The second kappa shape index (κ2) is 3.25. The van der Waals surface area contributed by atoms with Crippen molar-refractivity contribution in [3.8, 4) is 11.3 Å². The molecule has 0 aliphatic carbocycles. The van der Waals surface area contributed by atoms with E-state index in [4.69, 9.17) is 11.6 Å². The average molecular weight is 196 g/mol. The van der Waals surface area contributed by atoms with Crippen LogP contribution in [0.15, 0.2) is 35.8 Å². The van der Waals surface area contributed by atoms with Gasteiger partial charge in [-0.25, -0.2) is 0 Å². The molecule has 3 heteroatoms. The van der Waals surface area contributed by atoms with Gasteiger partial charge in [-0.1, -0.05) is 17.7 Å². The topological polar surface area (TPSA) is 12.9 Å². The molecule has 0 atom stereocenters. The molecule has 0 amide bonds. The standard InChI is InChI=1S/C9H6ClNS/c10-9-7(4-6-12-9)8-3-1-2-5-11-8/h1-6H. The van der Waals surface area contributed by atoms with Crippen LogP contribution in [-0.4, -0.2) is 4.98 Å². The molecule has 0 aromatic carbocycles. The van der Waals surface area contributed by atoms with Gasteiger partial charge in [0.1, 0.15) is 4.34 Å². The molecule has 0 bridgehead atoms. The third-order valence-electron chi connectivity index (χ3n) is 1.56. The third-order valence-corrected chi connectivity index (χ3v) is 2.73. The van der Waals surface area contributed by atoms with Gasteiger partial charge in [0, 0.05) is 11.8 Å². The largest absolute Gasteiger partial charge is 0.256 e. The molecule has 12 heavy (non-hydrogen) atoms. The molecular formula is C9H6ClNS. The molecule has 0 aliphatic heterocycles. The lowest BCUT2D eigenvalue weighted by Crippen LogP contribution is -1.77. The fraction of sp³-hybridized carbons (Fsp3) is 0. The number of hydrogen-bond donors (Lipinski definition) is 0. The molecule has 60 valence electrons. The number of hydrogen-bond acceptors (Lipinski definition) is 2. The van der Waals surface area contributed by atoms with Crippen LogP contribution in [-0.2, 0) is 0 Å². The van der Waals surface area contributed by atoms with Gasteiger partial charge in [0.2, 0.25) is 0 Å². The number of pyridine rings is 1. The monoisotopic (exact) mass is 195 g/mol. The van der Waals surface area contributed by atoms with Crippen LogP contribution in [0, 0.1) is 0 Å². The Kier molecular flexibility index (Phi) is 2.11. The Bertz CT molecular complexity index is 369. The first-order valence-corrected chi connectivity index (χ1v) is 4.78. The summed E-state index contributed by atoms with van der Waals surface area (Å²) in [6.45, 7) is 0. The van der Waals surface area contributed by atoms with E-state index in [9.17, 15) is 0 Å². The zero-order valence-corrected chi connectivity index (χ0v) is 7.77. The van der Waals surface area contributed by atoms with Crippen molar-refractivity contribution in [2.45, 2.75) is 0 Å². The van der Waals surface area contributed by atoms with Gasteiger partial charge in [-0.2, -0.15) is 0 Å². The molecule has 0 unspecified atom stereocenters. The van der Waals surface area contributed by atoms with E-state index in [0.717, 1.165) is 15.6 Å². The van der Waals surface area contributed by atoms with Crippen molar-refractivity contribution in [1.82, 2.24) is 4.98 Å². The SMILES string of the molecule is Clc1sccc1-c1ccccn1. The third kappa shape index (κ3) is 1.36. The average Bonchev–Trinajstić information content (AvgIpc) is 2.53. The molecule has 0 N–H and O–H groups in total. The zero-order chi connectivity index (χ0) is 8.39. The molecule has 2 aromatic heterocycles. The first-order valence-electron chi connectivity index (χ1n) is 3.52. The summed E-state index contributed by atoms with van der Waals surface area (Å²) in [7, 11) is 0. The van der Waals surface area contributed by atoms with Crippen molar-refractivity contribution in [3.05, 3.63) is 40.2 Å². The fourth-order valence-corrected chi connectivity index (χ4v) is 1.94. The van der Waals surface area contributed by atoms with Crippen LogP contribution in [0.2, 0.25) is 4.34 Å². The van der Waals surface area contributed by atoms with Crippen molar-refractivity contribution >= 4 is 22.9 Å². The summed E-state index contributed by atoms with van der Waals surface area (Å²) in [5, 5.41) is 1.96. The summed E-state index contributed by atoms with van der Waals surface area (Å²) in [6.07, 6.45) is 1.77. The van der Waals surface area contributed by atoms with Gasteiger partial charge < -0.3 is 0 Å². The van der Waals surface area contributed by atoms with Crippen LogP contribution in [0.5, 0.6) is 0 Å². The molecule has 2 aromatic rings. The lowest BCUT2D eigenvalue weighted by Gasteiger charge is -1.95. The number of aromatic nitrogens is 1. The van der Waals surface area contributed by atoms with E-state index in [1.807, 2.05) is 29.6 Å². The maximum Gasteiger partial charge on any atom is 0.102 e. The van der Waals surface area contributed by atoms with Crippen LogP contribution < -0.4 is 0 Å². The molecule has 2 rings (SSSR count). The lowest BCUT2D eigenvalue weighted by atomic mass is 10.2. The minimum absolute atomic E-state index is 0.800. The van der Waals surface area contributed by atoms with Crippen molar-refractivity contribution < 1.29 is 0 Å². The zero-order valence-electron chi connectivity index (χ0n) is 6.20. The predicted octanol–water partition coefficient (Wildman–Crippen LogP) is 3.46. The predicted molar refractivity (Wildman–Crippen MR) is 52.6 cm³/mol. The molecular weight excluding hydrogens is 190 g/mol. The first-order chi connectivity index (χ1) is 5.88. The number of thiophene rings is 1. The van der Waals surface area contributed by atoms with Crippen molar-refractivity contribution in [2.75, 3.05) is 0 Å². The van der Waals surface area contributed by atoms with E-state index in [2.05, 4.69) is 4.98 Å². The molecule has 2 heterocycles. The number of halogens is 1. The van der Waals surface area contributed by atoms with E-state index in [-0.39, 0.29) is 0 Å². The Morgan fingerprint density at radius 3 is 2.75 bits per heavy atom. The normalized spacial score (nSPS) is 10.1. The Labute approximate surface area is 79.7 Å². The maximum absolute atomic E-state index is 5.95. The van der Waals surface area contributed by atoms with Crippen LogP contribution in [0.25, 0.3) is 11.3 Å². The quantitative estimate of drug-likeness (QED) is 0.679. The van der Waals surface area contributed by atoms with E-state index < -0.39 is 0 Å². The summed E-state index contributed by atoms with van der Waals surface area (Å²) < 4.78 is 0.800. The van der Waals surface area contributed by atoms with Gasteiger partial charge >= 0.3 is 0 Å². The van der Waals surface area contributed by atoms with Gasteiger partial charge in [-0.05, 0) is 23.6 Å². The summed E-state index contributed by atoms with van der Waals surface area (Å²) in [5.41, 5.74) is 1.95. The van der Waals surface area contributed by atoms with Gasteiger partial charge in [-0.3, -0.25) is 4.98 Å². The molecule has 0 fully saturated rings. The summed E-state index contributed by atoms with van der Waals surface area (Å²) in [6, 6.07) is 7.78. The molecule has 0 radical (unpaired) electrons. The van der Waals surface area contributed by atoms with E-state index in [0.29, 0.717) is 0 Å². The van der Waals surface area contributed by atoms with Crippen molar-refractivity contribution in [3.63, 3.8) is 0 Å². The second-order valence-corrected chi connectivity index (χ2v) is 3.84. The summed E-state index contributed by atoms with van der Waals surface area (Å²) >= 11 is 7.48. The van der Waals surface area contributed by atoms with Crippen molar-refractivity contribution in [1.29, 1.82) is 0 Å². The molecule has 0 spiro atoms. The minimum atomic E-state index is 0.800. The Hall–Kier alpha value is -0.860. The number of nitrogens with zero attached hydrogens (tertiary/aromatic N) is 1. The maximum atomic E-state index is 5.95. The first kappa shape index (κ1) is 7.77. The highest BCUT2D eigenvalue weighted by Gasteiger charge is 2.03. The summed E-state index contributed by atoms with van der Waals surface area (Å²) in [4.78, 5) is 4.20. The Balaban J connectivity index is 2.51. The Morgan fingerprint density at radius 1 is 1.25 bits per heavy atom. The van der Waals surface area contributed by atoms with Crippen LogP contribution >= 0.6 is 22.9 Å². The Morgan fingerprint density at radius 2 is 2.17 bits per heavy atom. The smallest absolute Gasteiger partial charge is 0.102 e. The highest BCUT2D eigenvalue weighted by atomic mass is 35.5. The van der Waals surface area contributed by atoms with Crippen molar-refractivity contribution in [2.24, 2.45) is 0 Å². The highest BCUT2D eigenvalue weighted by molar-refractivity contribution is 7.15. The van der Waals surface area contributed by atoms with Gasteiger partial charge in [-0.15, -0.1) is 11.3 Å². The van der Waals surface area contributed by atoms with Crippen LogP contribution in [0.1, 0.15) is 0 Å². The van der Waals surface area contributed by atoms with Gasteiger partial charge in [0.15, 0.2) is 0 Å². The fourth-order valence-electron chi connectivity index (χ4n) is 0.999. The summed E-state index contributed by atoms with van der Waals surface area (Å²) in [5.74, 6) is 0. The van der Waals surface area contributed by atoms with E-state index >= 15 is 0 Å². The van der Waals surface area contributed by atoms with E-state index in [1.54, 1.807) is 6.20 Å². The van der Waals surface area contributed by atoms with Crippen LogP contribution in [0.4, 0.5) is 0 Å². The van der Waals surface area contributed by atoms with Crippen LogP contribution in [0.3, 0.4) is 0 Å². The lowest BCUT2D eigenvalue weighted by molar-refractivity contribution is 1.33. The minimum Gasteiger partial charge on any atom is -0.256 e. The number of rotatable bonds is 1.